The molecule has 0 spiro atoms. The quantitative estimate of drug-likeness (QED) is 0.448. The minimum Gasteiger partial charge on any atom is -0.350 e. The highest BCUT2D eigenvalue weighted by Gasteiger charge is 2.32. The fourth-order valence-electron chi connectivity index (χ4n) is 2.50. The van der Waals surface area contributed by atoms with Crippen molar-refractivity contribution in [1.29, 1.82) is 0 Å². The van der Waals surface area contributed by atoms with Gasteiger partial charge in [0.2, 0.25) is 17.8 Å². The van der Waals surface area contributed by atoms with Crippen LogP contribution in [0.2, 0.25) is 0 Å². The Hall–Kier alpha value is -3.69. The summed E-state index contributed by atoms with van der Waals surface area (Å²) in [7, 11) is 3.53. The van der Waals surface area contributed by atoms with Gasteiger partial charge in [-0.3, -0.25) is 0 Å². The molecule has 156 valence electrons. The van der Waals surface area contributed by atoms with Gasteiger partial charge < -0.3 is 10.2 Å². The molecule has 0 fully saturated rings. The Kier molecular flexibility index (Phi) is 6.45. The highest BCUT2D eigenvalue weighted by molar-refractivity contribution is 5.82. The Bertz CT molecular complexity index is 1000. The number of nitrogens with zero attached hydrogens (tertiary/aromatic N) is 5. The Morgan fingerprint density at radius 2 is 1.60 bits per heavy atom. The van der Waals surface area contributed by atoms with Crippen molar-refractivity contribution in [2.75, 3.05) is 29.7 Å². The largest absolute Gasteiger partial charge is 0.417 e. The topological polar surface area (TPSA) is 78.3 Å². The van der Waals surface area contributed by atoms with Gasteiger partial charge in [0.25, 0.3) is 0 Å². The van der Waals surface area contributed by atoms with Crippen LogP contribution in [0.25, 0.3) is 0 Å². The van der Waals surface area contributed by atoms with Crippen molar-refractivity contribution in [1.82, 2.24) is 15.0 Å². The summed E-state index contributed by atoms with van der Waals surface area (Å²) in [4.78, 5) is 14.4. The number of hydrogen-bond acceptors (Lipinski definition) is 7. The SMILES string of the molecule is CN(C)c1nc(NCc2ccccc2)nc(NN=Cc2ccccc2C(F)(F)F)n1. The van der Waals surface area contributed by atoms with Crippen LogP contribution in [-0.2, 0) is 12.7 Å². The average molecular weight is 415 g/mol. The van der Waals surface area contributed by atoms with Crippen LogP contribution >= 0.6 is 0 Å². The van der Waals surface area contributed by atoms with Gasteiger partial charge in [-0.15, -0.1) is 0 Å². The van der Waals surface area contributed by atoms with Gasteiger partial charge in [0, 0.05) is 26.2 Å². The monoisotopic (exact) mass is 415 g/mol. The summed E-state index contributed by atoms with van der Waals surface area (Å²) in [5.74, 6) is 0.782. The molecule has 7 nitrogen and oxygen atoms in total. The van der Waals surface area contributed by atoms with Crippen LogP contribution in [0.15, 0.2) is 59.7 Å². The zero-order chi connectivity index (χ0) is 21.6. The van der Waals surface area contributed by atoms with Gasteiger partial charge in [0.05, 0.1) is 11.8 Å². The molecule has 0 bridgehead atoms. The van der Waals surface area contributed by atoms with Gasteiger partial charge in [-0.2, -0.15) is 33.2 Å². The Balaban J connectivity index is 1.77. The van der Waals surface area contributed by atoms with E-state index in [0.717, 1.165) is 17.8 Å². The van der Waals surface area contributed by atoms with E-state index in [0.29, 0.717) is 18.4 Å². The lowest BCUT2D eigenvalue weighted by Gasteiger charge is -2.13. The summed E-state index contributed by atoms with van der Waals surface area (Å²) >= 11 is 0. The van der Waals surface area contributed by atoms with Crippen molar-refractivity contribution in [2.45, 2.75) is 12.7 Å². The number of hydrogen-bond donors (Lipinski definition) is 2. The maximum Gasteiger partial charge on any atom is 0.417 e. The van der Waals surface area contributed by atoms with E-state index in [4.69, 9.17) is 0 Å². The standard InChI is InChI=1S/C20H20F3N7/c1-30(2)19-27-17(24-12-14-8-4-3-5-9-14)26-18(28-19)29-25-13-15-10-6-7-11-16(15)20(21,22)23/h3-11,13H,12H2,1-2H3,(H2,24,26,27,28,29). The number of rotatable bonds is 7. The second kappa shape index (κ2) is 9.21. The second-order valence-corrected chi connectivity index (χ2v) is 6.47. The average Bonchev–Trinajstić information content (AvgIpc) is 2.72. The van der Waals surface area contributed by atoms with Crippen molar-refractivity contribution >= 4 is 24.1 Å². The molecule has 0 saturated carbocycles. The van der Waals surface area contributed by atoms with E-state index in [1.165, 1.54) is 18.2 Å². The van der Waals surface area contributed by atoms with E-state index in [1.807, 2.05) is 30.3 Å². The molecule has 2 N–H and O–H groups in total. The first kappa shape index (κ1) is 21.0. The van der Waals surface area contributed by atoms with Crippen molar-refractivity contribution in [3.63, 3.8) is 0 Å². The molecule has 0 saturated heterocycles. The molecule has 10 heteroatoms. The van der Waals surface area contributed by atoms with Gasteiger partial charge in [-0.05, 0) is 11.6 Å². The number of nitrogens with one attached hydrogen (secondary N) is 2. The Labute approximate surface area is 171 Å². The third kappa shape index (κ3) is 5.66. The van der Waals surface area contributed by atoms with Crippen LogP contribution in [0.3, 0.4) is 0 Å². The maximum atomic E-state index is 13.1. The van der Waals surface area contributed by atoms with E-state index in [9.17, 15) is 13.2 Å². The van der Waals surface area contributed by atoms with Crippen LogP contribution in [0.1, 0.15) is 16.7 Å². The third-order valence-corrected chi connectivity index (χ3v) is 3.95. The molecule has 30 heavy (non-hydrogen) atoms. The maximum absolute atomic E-state index is 13.1. The summed E-state index contributed by atoms with van der Waals surface area (Å²) in [5.41, 5.74) is 2.78. The van der Waals surface area contributed by atoms with Crippen molar-refractivity contribution < 1.29 is 13.2 Å². The summed E-state index contributed by atoms with van der Waals surface area (Å²) in [6.07, 6.45) is -3.39. The molecular weight excluding hydrogens is 395 g/mol. The number of halogens is 3. The molecule has 3 aromatic rings. The van der Waals surface area contributed by atoms with Crippen LogP contribution in [0.5, 0.6) is 0 Å². The molecule has 0 aliphatic carbocycles. The van der Waals surface area contributed by atoms with E-state index in [-0.39, 0.29) is 11.5 Å². The van der Waals surface area contributed by atoms with E-state index in [2.05, 4.69) is 30.8 Å². The van der Waals surface area contributed by atoms with Gasteiger partial charge in [-0.25, -0.2) is 5.43 Å². The zero-order valence-corrected chi connectivity index (χ0v) is 16.4. The molecule has 1 aromatic heterocycles. The van der Waals surface area contributed by atoms with Crippen molar-refractivity contribution in [2.24, 2.45) is 5.10 Å². The first-order valence-electron chi connectivity index (χ1n) is 8.99. The smallest absolute Gasteiger partial charge is 0.350 e. The molecule has 0 atom stereocenters. The molecule has 0 unspecified atom stereocenters. The van der Waals surface area contributed by atoms with Gasteiger partial charge >= 0.3 is 6.18 Å². The van der Waals surface area contributed by atoms with E-state index >= 15 is 0 Å². The van der Waals surface area contributed by atoms with Crippen molar-refractivity contribution in [3.05, 3.63) is 71.3 Å². The molecule has 3 rings (SSSR count). The lowest BCUT2D eigenvalue weighted by atomic mass is 10.1. The zero-order valence-electron chi connectivity index (χ0n) is 16.4. The van der Waals surface area contributed by atoms with Crippen LogP contribution in [-0.4, -0.2) is 35.3 Å². The molecule has 0 aliphatic rings. The number of hydrazone groups is 1. The summed E-state index contributed by atoms with van der Waals surface area (Å²) in [6.45, 7) is 0.499. The molecular formula is C20H20F3N7. The Morgan fingerprint density at radius 3 is 2.30 bits per heavy atom. The van der Waals surface area contributed by atoms with Gasteiger partial charge in [0.1, 0.15) is 0 Å². The summed E-state index contributed by atoms with van der Waals surface area (Å²) in [5, 5.41) is 6.98. The number of anilines is 3. The third-order valence-electron chi connectivity index (χ3n) is 3.95. The minimum atomic E-state index is -4.47. The lowest BCUT2D eigenvalue weighted by molar-refractivity contribution is -0.137. The Morgan fingerprint density at radius 1 is 0.933 bits per heavy atom. The first-order valence-corrected chi connectivity index (χ1v) is 8.99. The molecule has 0 amide bonds. The summed E-state index contributed by atoms with van der Waals surface area (Å²) < 4.78 is 39.3. The highest BCUT2D eigenvalue weighted by Crippen LogP contribution is 2.31. The second-order valence-electron chi connectivity index (χ2n) is 6.47. The van der Waals surface area contributed by atoms with E-state index < -0.39 is 11.7 Å². The lowest BCUT2D eigenvalue weighted by Crippen LogP contribution is -2.16. The van der Waals surface area contributed by atoms with Gasteiger partial charge in [-0.1, -0.05) is 48.5 Å². The fraction of sp³-hybridized carbons (Fsp3) is 0.200. The molecule has 0 radical (unpaired) electrons. The van der Waals surface area contributed by atoms with Crippen LogP contribution < -0.4 is 15.6 Å². The van der Waals surface area contributed by atoms with Crippen LogP contribution in [0.4, 0.5) is 31.0 Å². The minimum absolute atomic E-state index is 0.0678. The predicted molar refractivity (Wildman–Crippen MR) is 111 cm³/mol. The highest BCUT2D eigenvalue weighted by atomic mass is 19.4. The molecule has 0 aliphatic heterocycles. The first-order chi connectivity index (χ1) is 14.3. The van der Waals surface area contributed by atoms with E-state index in [1.54, 1.807) is 19.0 Å². The number of benzene rings is 2. The molecule has 1 heterocycles. The number of aromatic nitrogens is 3. The predicted octanol–water partition coefficient (Wildman–Crippen LogP) is 4.01. The van der Waals surface area contributed by atoms with Crippen LogP contribution in [0, 0.1) is 0 Å². The van der Waals surface area contributed by atoms with Crippen molar-refractivity contribution in [3.8, 4) is 0 Å². The summed E-state index contributed by atoms with van der Waals surface area (Å²) in [6, 6.07) is 14.9. The van der Waals surface area contributed by atoms with Gasteiger partial charge in [0.15, 0.2) is 0 Å². The fourth-order valence-corrected chi connectivity index (χ4v) is 2.50. The number of alkyl halides is 3. The molecule has 2 aromatic carbocycles. The normalized spacial score (nSPS) is 11.5.